The molecule has 0 radical (unpaired) electrons. The van der Waals surface area contributed by atoms with Crippen molar-refractivity contribution in [3.63, 3.8) is 0 Å². The predicted octanol–water partition coefficient (Wildman–Crippen LogP) is 3.27. The van der Waals surface area contributed by atoms with Crippen molar-refractivity contribution in [2.45, 2.75) is 6.61 Å². The minimum absolute atomic E-state index is 0.109. The summed E-state index contributed by atoms with van der Waals surface area (Å²) < 4.78 is 44.0. The molecule has 2 nitrogen and oxygen atoms in total. The third kappa shape index (κ3) is 2.74. The van der Waals surface area contributed by atoms with E-state index in [1.165, 1.54) is 18.2 Å². The summed E-state index contributed by atoms with van der Waals surface area (Å²) in [5.41, 5.74) is 5.85. The number of nitrogen functional groups attached to an aromatic ring is 1. The van der Waals surface area contributed by atoms with Crippen LogP contribution in [0.5, 0.6) is 5.75 Å². The first-order chi connectivity index (χ1) is 8.56. The molecule has 0 bridgehead atoms. The van der Waals surface area contributed by atoms with E-state index in [9.17, 15) is 13.2 Å². The molecule has 0 fully saturated rings. The van der Waals surface area contributed by atoms with Crippen LogP contribution >= 0.6 is 0 Å². The van der Waals surface area contributed by atoms with Gasteiger partial charge in [0.15, 0.2) is 0 Å². The van der Waals surface area contributed by atoms with Gasteiger partial charge in [-0.1, -0.05) is 0 Å². The number of anilines is 1. The van der Waals surface area contributed by atoms with Gasteiger partial charge in [0.1, 0.15) is 29.8 Å². The molecule has 2 N–H and O–H groups in total. The second-order valence-corrected chi connectivity index (χ2v) is 3.71. The van der Waals surface area contributed by atoms with Crippen LogP contribution in [0.25, 0.3) is 0 Å². The topological polar surface area (TPSA) is 35.2 Å². The van der Waals surface area contributed by atoms with Crippen LogP contribution in [-0.4, -0.2) is 0 Å². The van der Waals surface area contributed by atoms with Crippen LogP contribution in [0, 0.1) is 17.5 Å². The van der Waals surface area contributed by atoms with Crippen molar-refractivity contribution < 1.29 is 17.9 Å². The lowest BCUT2D eigenvalue weighted by atomic mass is 10.2. The Hall–Kier alpha value is -2.17. The lowest BCUT2D eigenvalue weighted by Gasteiger charge is -2.09. The van der Waals surface area contributed by atoms with E-state index in [2.05, 4.69) is 0 Å². The fourth-order valence-corrected chi connectivity index (χ4v) is 1.45. The molecule has 0 unspecified atom stereocenters. The molecule has 18 heavy (non-hydrogen) atoms. The molecule has 2 rings (SSSR count). The molecule has 0 amide bonds. The summed E-state index contributed by atoms with van der Waals surface area (Å²) in [6, 6.07) is 6.84. The molecule has 2 aromatic carbocycles. The highest BCUT2D eigenvalue weighted by atomic mass is 19.1. The van der Waals surface area contributed by atoms with Crippen LogP contribution in [0.1, 0.15) is 5.56 Å². The first kappa shape index (κ1) is 12.3. The van der Waals surface area contributed by atoms with Gasteiger partial charge in [0, 0.05) is 17.7 Å². The Bertz CT molecular complexity index is 521. The Kier molecular flexibility index (Phi) is 3.41. The zero-order valence-electron chi connectivity index (χ0n) is 9.29. The van der Waals surface area contributed by atoms with Gasteiger partial charge in [0.2, 0.25) is 0 Å². The average Bonchev–Trinajstić information content (AvgIpc) is 2.30. The number of rotatable bonds is 3. The summed E-state index contributed by atoms with van der Waals surface area (Å²) >= 11 is 0. The third-order valence-electron chi connectivity index (χ3n) is 2.37. The van der Waals surface area contributed by atoms with Crippen LogP contribution in [0.2, 0.25) is 0 Å². The SMILES string of the molecule is Nc1cc(F)ccc1OCc1ccc(F)cc1F. The van der Waals surface area contributed by atoms with E-state index in [4.69, 9.17) is 10.5 Å². The van der Waals surface area contributed by atoms with Gasteiger partial charge in [0.25, 0.3) is 0 Å². The maximum absolute atomic E-state index is 13.3. The van der Waals surface area contributed by atoms with Crippen molar-refractivity contribution in [2.75, 3.05) is 5.73 Å². The third-order valence-corrected chi connectivity index (χ3v) is 2.37. The quantitative estimate of drug-likeness (QED) is 0.852. The van der Waals surface area contributed by atoms with Gasteiger partial charge in [-0.3, -0.25) is 0 Å². The van der Waals surface area contributed by atoms with Gasteiger partial charge in [0.05, 0.1) is 5.69 Å². The Morgan fingerprint density at radius 1 is 0.944 bits per heavy atom. The van der Waals surface area contributed by atoms with Crippen molar-refractivity contribution in [1.82, 2.24) is 0 Å². The van der Waals surface area contributed by atoms with E-state index in [1.54, 1.807) is 0 Å². The van der Waals surface area contributed by atoms with E-state index < -0.39 is 17.5 Å². The van der Waals surface area contributed by atoms with Gasteiger partial charge < -0.3 is 10.5 Å². The molecule has 0 saturated carbocycles. The zero-order chi connectivity index (χ0) is 13.1. The van der Waals surface area contributed by atoms with Crippen LogP contribution in [0.15, 0.2) is 36.4 Å². The average molecular weight is 253 g/mol. The van der Waals surface area contributed by atoms with Crippen LogP contribution < -0.4 is 10.5 Å². The number of benzene rings is 2. The van der Waals surface area contributed by atoms with Crippen molar-refractivity contribution in [3.8, 4) is 5.75 Å². The Morgan fingerprint density at radius 3 is 2.28 bits per heavy atom. The largest absolute Gasteiger partial charge is 0.487 e. The van der Waals surface area contributed by atoms with E-state index in [0.717, 1.165) is 18.2 Å². The van der Waals surface area contributed by atoms with Crippen molar-refractivity contribution in [2.24, 2.45) is 0 Å². The Morgan fingerprint density at radius 2 is 1.61 bits per heavy atom. The number of ether oxygens (including phenoxy) is 1. The van der Waals surface area contributed by atoms with Crippen molar-refractivity contribution in [1.29, 1.82) is 0 Å². The summed E-state index contributed by atoms with van der Waals surface area (Å²) in [6.07, 6.45) is 0. The maximum atomic E-state index is 13.3. The van der Waals surface area contributed by atoms with E-state index in [-0.39, 0.29) is 23.6 Å². The molecular weight excluding hydrogens is 243 g/mol. The predicted molar refractivity (Wildman–Crippen MR) is 61.5 cm³/mol. The summed E-state index contributed by atoms with van der Waals surface area (Å²) in [4.78, 5) is 0. The standard InChI is InChI=1S/C13H10F3NO/c14-9-2-1-8(11(16)5-9)7-18-13-4-3-10(15)6-12(13)17/h1-6H,7,17H2. The highest BCUT2D eigenvalue weighted by Crippen LogP contribution is 2.23. The molecule has 0 saturated heterocycles. The molecule has 0 aliphatic heterocycles. The lowest BCUT2D eigenvalue weighted by Crippen LogP contribution is -2.01. The number of hydrogen-bond acceptors (Lipinski definition) is 2. The molecule has 0 aliphatic carbocycles. The van der Waals surface area contributed by atoms with Gasteiger partial charge in [-0.2, -0.15) is 0 Å². The fraction of sp³-hybridized carbons (Fsp3) is 0.0769. The minimum Gasteiger partial charge on any atom is -0.487 e. The second kappa shape index (κ2) is 5.00. The summed E-state index contributed by atoms with van der Waals surface area (Å²) in [5, 5.41) is 0. The minimum atomic E-state index is -0.698. The van der Waals surface area contributed by atoms with Crippen LogP contribution in [0.3, 0.4) is 0 Å². The van der Waals surface area contributed by atoms with E-state index in [1.807, 2.05) is 0 Å². The Balaban J connectivity index is 2.11. The molecule has 94 valence electrons. The van der Waals surface area contributed by atoms with Crippen LogP contribution in [-0.2, 0) is 6.61 Å². The smallest absolute Gasteiger partial charge is 0.142 e. The zero-order valence-corrected chi connectivity index (χ0v) is 9.29. The highest BCUT2D eigenvalue weighted by Gasteiger charge is 2.06. The summed E-state index contributed by atoms with van der Waals surface area (Å²) in [6.45, 7) is -0.109. The van der Waals surface area contributed by atoms with Gasteiger partial charge in [-0.15, -0.1) is 0 Å². The molecule has 0 aromatic heterocycles. The van der Waals surface area contributed by atoms with Gasteiger partial charge in [-0.25, -0.2) is 13.2 Å². The summed E-state index contributed by atoms with van der Waals surface area (Å²) in [7, 11) is 0. The molecule has 5 heteroatoms. The molecule has 0 atom stereocenters. The Labute approximate surface area is 102 Å². The van der Waals surface area contributed by atoms with Crippen LogP contribution in [0.4, 0.5) is 18.9 Å². The molecular formula is C13H10F3NO. The normalized spacial score (nSPS) is 10.4. The maximum Gasteiger partial charge on any atom is 0.142 e. The molecule has 0 heterocycles. The number of hydrogen-bond donors (Lipinski definition) is 1. The number of nitrogens with two attached hydrogens (primary N) is 1. The van der Waals surface area contributed by atoms with E-state index in [0.29, 0.717) is 0 Å². The van der Waals surface area contributed by atoms with Crippen molar-refractivity contribution in [3.05, 3.63) is 59.4 Å². The first-order valence-electron chi connectivity index (χ1n) is 5.18. The first-order valence-corrected chi connectivity index (χ1v) is 5.18. The molecule has 2 aromatic rings. The molecule has 0 spiro atoms. The van der Waals surface area contributed by atoms with E-state index >= 15 is 0 Å². The second-order valence-electron chi connectivity index (χ2n) is 3.71. The van der Waals surface area contributed by atoms with Gasteiger partial charge in [-0.05, 0) is 24.3 Å². The molecule has 0 aliphatic rings. The van der Waals surface area contributed by atoms with Crippen molar-refractivity contribution >= 4 is 5.69 Å². The highest BCUT2D eigenvalue weighted by molar-refractivity contribution is 5.52. The fourth-order valence-electron chi connectivity index (χ4n) is 1.45. The number of halogens is 3. The van der Waals surface area contributed by atoms with Gasteiger partial charge >= 0.3 is 0 Å². The lowest BCUT2D eigenvalue weighted by molar-refractivity contribution is 0.300. The summed E-state index contributed by atoms with van der Waals surface area (Å²) in [5.74, 6) is -1.58. The monoisotopic (exact) mass is 253 g/mol.